The van der Waals surface area contributed by atoms with Crippen LogP contribution in [0.2, 0.25) is 0 Å². The van der Waals surface area contributed by atoms with Gasteiger partial charge in [0.25, 0.3) is 5.91 Å². The van der Waals surface area contributed by atoms with Crippen LogP contribution in [0.1, 0.15) is 22.3 Å². The first-order chi connectivity index (χ1) is 15.6. The minimum atomic E-state index is -0.475. The van der Waals surface area contributed by atoms with E-state index in [0.29, 0.717) is 24.3 Å². The largest absolute Gasteiger partial charge is 0.352 e. The van der Waals surface area contributed by atoms with Gasteiger partial charge in [-0.1, -0.05) is 60.7 Å². The van der Waals surface area contributed by atoms with E-state index < -0.39 is 5.92 Å². The Morgan fingerprint density at radius 2 is 1.53 bits per heavy atom. The lowest BCUT2D eigenvalue weighted by molar-refractivity contribution is -0.122. The number of carbonyl (C=O) groups excluding carboxylic acids is 3. The average Bonchev–Trinajstić information content (AvgIpc) is 3.22. The number of nitrogens with zero attached hydrogens (tertiary/aromatic N) is 1. The van der Waals surface area contributed by atoms with Gasteiger partial charge in [-0.3, -0.25) is 14.4 Å². The normalized spacial score (nSPS) is 15.4. The van der Waals surface area contributed by atoms with Crippen molar-refractivity contribution < 1.29 is 14.4 Å². The van der Waals surface area contributed by atoms with Crippen LogP contribution in [-0.4, -0.2) is 30.8 Å². The van der Waals surface area contributed by atoms with E-state index in [4.69, 9.17) is 0 Å². The van der Waals surface area contributed by atoms with Crippen LogP contribution in [0.3, 0.4) is 0 Å². The lowest BCUT2D eigenvalue weighted by Gasteiger charge is -2.17. The summed E-state index contributed by atoms with van der Waals surface area (Å²) >= 11 is 0. The van der Waals surface area contributed by atoms with Crippen LogP contribution in [0.25, 0.3) is 0 Å². The van der Waals surface area contributed by atoms with Crippen molar-refractivity contribution >= 4 is 29.1 Å². The lowest BCUT2D eigenvalue weighted by atomic mass is 10.1. The second kappa shape index (κ2) is 9.92. The molecule has 0 radical (unpaired) electrons. The van der Waals surface area contributed by atoms with Gasteiger partial charge in [0.15, 0.2) is 0 Å². The fourth-order valence-corrected chi connectivity index (χ4v) is 3.83. The Labute approximate surface area is 187 Å². The van der Waals surface area contributed by atoms with E-state index in [1.165, 1.54) is 0 Å². The molecule has 4 rings (SSSR count). The van der Waals surface area contributed by atoms with Crippen molar-refractivity contribution in [3.05, 3.63) is 96.1 Å². The average molecular weight is 428 g/mol. The molecule has 3 amide bonds. The number of benzene rings is 3. The topological polar surface area (TPSA) is 78.5 Å². The second-order valence-electron chi connectivity index (χ2n) is 7.77. The SMILES string of the molecule is O=C(NCCc1ccccc1)c1ccccc1NC(=O)[C@H]1CC(=O)N(c2ccccc2)C1. The molecule has 1 saturated heterocycles. The van der Waals surface area contributed by atoms with Crippen molar-refractivity contribution in [2.24, 2.45) is 5.92 Å². The van der Waals surface area contributed by atoms with Gasteiger partial charge >= 0.3 is 0 Å². The summed E-state index contributed by atoms with van der Waals surface area (Å²) in [6.07, 6.45) is 0.868. The summed E-state index contributed by atoms with van der Waals surface area (Å²) in [5.74, 6) is -1.06. The Bertz CT molecular complexity index is 1100. The van der Waals surface area contributed by atoms with Gasteiger partial charge in [-0.15, -0.1) is 0 Å². The maximum atomic E-state index is 12.9. The minimum absolute atomic E-state index is 0.0803. The summed E-state index contributed by atoms with van der Waals surface area (Å²) in [5.41, 5.74) is 2.77. The maximum Gasteiger partial charge on any atom is 0.253 e. The van der Waals surface area contributed by atoms with E-state index in [-0.39, 0.29) is 24.1 Å². The Morgan fingerprint density at radius 3 is 2.28 bits per heavy atom. The van der Waals surface area contributed by atoms with Gasteiger partial charge in [-0.25, -0.2) is 0 Å². The molecule has 1 aliphatic heterocycles. The molecule has 3 aromatic carbocycles. The molecular formula is C26H25N3O3. The van der Waals surface area contributed by atoms with Crippen LogP contribution in [0.4, 0.5) is 11.4 Å². The fourth-order valence-electron chi connectivity index (χ4n) is 3.83. The summed E-state index contributed by atoms with van der Waals surface area (Å²) in [6, 6.07) is 26.2. The molecule has 1 fully saturated rings. The number of para-hydroxylation sites is 2. The molecule has 6 heteroatoms. The van der Waals surface area contributed by atoms with Crippen molar-refractivity contribution in [3.8, 4) is 0 Å². The van der Waals surface area contributed by atoms with E-state index in [1.54, 1.807) is 29.2 Å². The van der Waals surface area contributed by atoms with Crippen LogP contribution in [0.5, 0.6) is 0 Å². The Hall–Kier alpha value is -3.93. The predicted molar refractivity (Wildman–Crippen MR) is 124 cm³/mol. The second-order valence-corrected chi connectivity index (χ2v) is 7.77. The summed E-state index contributed by atoms with van der Waals surface area (Å²) in [6.45, 7) is 0.814. The van der Waals surface area contributed by atoms with Crippen molar-refractivity contribution in [1.29, 1.82) is 0 Å². The van der Waals surface area contributed by atoms with E-state index in [0.717, 1.165) is 17.7 Å². The molecule has 0 unspecified atom stereocenters. The van der Waals surface area contributed by atoms with Crippen molar-refractivity contribution in [2.75, 3.05) is 23.3 Å². The van der Waals surface area contributed by atoms with E-state index in [1.807, 2.05) is 60.7 Å². The summed E-state index contributed by atoms with van der Waals surface area (Å²) < 4.78 is 0. The molecule has 3 aromatic rings. The lowest BCUT2D eigenvalue weighted by Crippen LogP contribution is -2.30. The number of rotatable bonds is 7. The molecular weight excluding hydrogens is 402 g/mol. The fraction of sp³-hybridized carbons (Fsp3) is 0.192. The third-order valence-electron chi connectivity index (χ3n) is 5.54. The van der Waals surface area contributed by atoms with Gasteiger partial charge in [-0.05, 0) is 36.2 Å². The molecule has 6 nitrogen and oxygen atoms in total. The Kier molecular flexibility index (Phi) is 6.60. The molecule has 0 saturated carbocycles. The molecule has 2 N–H and O–H groups in total. The number of hydrogen-bond acceptors (Lipinski definition) is 3. The molecule has 0 spiro atoms. The van der Waals surface area contributed by atoms with Gasteiger partial charge in [0.2, 0.25) is 11.8 Å². The molecule has 0 aliphatic carbocycles. The standard InChI is InChI=1S/C26H25N3O3/c30-24-17-20(18-29(24)21-11-5-2-6-12-21)25(31)28-23-14-8-7-13-22(23)26(32)27-16-15-19-9-3-1-4-10-19/h1-14,20H,15-18H2,(H,27,32)(H,28,31)/t20-/m0/s1. The summed E-state index contributed by atoms with van der Waals surface area (Å²) in [4.78, 5) is 39.7. The van der Waals surface area contributed by atoms with E-state index >= 15 is 0 Å². The van der Waals surface area contributed by atoms with Crippen molar-refractivity contribution in [1.82, 2.24) is 5.32 Å². The zero-order chi connectivity index (χ0) is 22.3. The molecule has 0 bridgehead atoms. The molecule has 1 atom stereocenters. The highest BCUT2D eigenvalue weighted by molar-refractivity contribution is 6.07. The molecule has 162 valence electrons. The van der Waals surface area contributed by atoms with E-state index in [9.17, 15) is 14.4 Å². The number of carbonyl (C=O) groups is 3. The zero-order valence-electron chi connectivity index (χ0n) is 17.7. The highest BCUT2D eigenvalue weighted by Crippen LogP contribution is 2.26. The van der Waals surface area contributed by atoms with Crippen molar-refractivity contribution in [3.63, 3.8) is 0 Å². The first kappa shape index (κ1) is 21.3. The number of nitrogens with one attached hydrogen (secondary N) is 2. The van der Waals surface area contributed by atoms with Crippen LogP contribution in [-0.2, 0) is 16.0 Å². The van der Waals surface area contributed by atoms with Crippen LogP contribution >= 0.6 is 0 Å². The van der Waals surface area contributed by atoms with Gasteiger partial charge in [0.05, 0.1) is 17.2 Å². The number of amides is 3. The third kappa shape index (κ3) is 5.03. The maximum absolute atomic E-state index is 12.9. The van der Waals surface area contributed by atoms with Crippen LogP contribution in [0, 0.1) is 5.92 Å². The van der Waals surface area contributed by atoms with Crippen molar-refractivity contribution in [2.45, 2.75) is 12.8 Å². The number of hydrogen-bond donors (Lipinski definition) is 2. The third-order valence-corrected chi connectivity index (χ3v) is 5.54. The van der Waals surface area contributed by atoms with Crippen LogP contribution in [0.15, 0.2) is 84.9 Å². The highest BCUT2D eigenvalue weighted by atomic mass is 16.2. The highest BCUT2D eigenvalue weighted by Gasteiger charge is 2.35. The predicted octanol–water partition coefficient (Wildman–Crippen LogP) is 3.65. The first-order valence-electron chi connectivity index (χ1n) is 10.7. The first-order valence-corrected chi connectivity index (χ1v) is 10.7. The molecule has 0 aromatic heterocycles. The smallest absolute Gasteiger partial charge is 0.253 e. The molecule has 32 heavy (non-hydrogen) atoms. The van der Waals surface area contributed by atoms with Gasteiger partial charge < -0.3 is 15.5 Å². The summed E-state index contributed by atoms with van der Waals surface area (Å²) in [5, 5.41) is 5.77. The Balaban J connectivity index is 1.38. The molecule has 1 heterocycles. The minimum Gasteiger partial charge on any atom is -0.352 e. The molecule has 1 aliphatic rings. The summed E-state index contributed by atoms with van der Waals surface area (Å²) in [7, 11) is 0. The van der Waals surface area contributed by atoms with Gasteiger partial charge in [0.1, 0.15) is 0 Å². The van der Waals surface area contributed by atoms with Crippen LogP contribution < -0.4 is 15.5 Å². The van der Waals surface area contributed by atoms with Gasteiger partial charge in [0, 0.05) is 25.2 Å². The van der Waals surface area contributed by atoms with E-state index in [2.05, 4.69) is 10.6 Å². The number of anilines is 2. The zero-order valence-corrected chi connectivity index (χ0v) is 17.7. The monoisotopic (exact) mass is 427 g/mol. The Morgan fingerprint density at radius 1 is 0.875 bits per heavy atom. The quantitative estimate of drug-likeness (QED) is 0.604. The van der Waals surface area contributed by atoms with Gasteiger partial charge in [-0.2, -0.15) is 0 Å².